The zero-order valence-corrected chi connectivity index (χ0v) is 12.9. The van der Waals surface area contributed by atoms with Gasteiger partial charge in [-0.1, -0.05) is 45.0 Å². The molecule has 1 N–H and O–H groups in total. The minimum Gasteiger partial charge on any atom is -0.466 e. The van der Waals surface area contributed by atoms with E-state index in [1.807, 2.05) is 31.2 Å². The van der Waals surface area contributed by atoms with Crippen LogP contribution in [0.5, 0.6) is 0 Å². The van der Waals surface area contributed by atoms with Crippen LogP contribution in [-0.4, -0.2) is 17.7 Å². The molecule has 0 spiro atoms. The summed E-state index contributed by atoms with van der Waals surface area (Å²) >= 11 is 0. The fraction of sp³-hybridized carbons (Fsp3) is 0.588. The molecular weight excluding hydrogens is 252 g/mol. The zero-order valence-electron chi connectivity index (χ0n) is 12.9. The first kappa shape index (κ1) is 16.7. The van der Waals surface area contributed by atoms with E-state index in [1.165, 1.54) is 5.56 Å². The second-order valence-electron chi connectivity index (χ2n) is 5.55. The number of hydrogen-bond acceptors (Lipinski definition) is 3. The Bertz CT molecular complexity index is 409. The van der Waals surface area contributed by atoms with Crippen molar-refractivity contribution < 1.29 is 14.6 Å². The van der Waals surface area contributed by atoms with E-state index in [0.717, 1.165) is 12.0 Å². The van der Waals surface area contributed by atoms with Crippen LogP contribution in [0.4, 0.5) is 0 Å². The highest BCUT2D eigenvalue weighted by molar-refractivity contribution is 5.73. The van der Waals surface area contributed by atoms with E-state index >= 15 is 0 Å². The molecule has 0 fully saturated rings. The van der Waals surface area contributed by atoms with Crippen molar-refractivity contribution in [3.63, 3.8) is 0 Å². The second-order valence-corrected chi connectivity index (χ2v) is 5.55. The monoisotopic (exact) mass is 278 g/mol. The number of benzene rings is 1. The van der Waals surface area contributed by atoms with E-state index in [2.05, 4.69) is 13.8 Å². The second kappa shape index (κ2) is 8.05. The minimum atomic E-state index is -0.799. The van der Waals surface area contributed by atoms with Crippen LogP contribution < -0.4 is 0 Å². The molecule has 0 aromatic heterocycles. The van der Waals surface area contributed by atoms with Crippen molar-refractivity contribution in [2.45, 2.75) is 46.6 Å². The molecule has 1 aromatic carbocycles. The maximum Gasteiger partial charge on any atom is 0.311 e. The van der Waals surface area contributed by atoms with Gasteiger partial charge in [0.05, 0.1) is 18.6 Å². The maximum atomic E-state index is 11.8. The van der Waals surface area contributed by atoms with Crippen LogP contribution in [0.2, 0.25) is 0 Å². The molecule has 3 heteroatoms. The van der Waals surface area contributed by atoms with Crippen LogP contribution in [0.3, 0.4) is 0 Å². The Hall–Kier alpha value is -1.35. The smallest absolute Gasteiger partial charge is 0.311 e. The molecule has 1 aromatic rings. The van der Waals surface area contributed by atoms with Crippen LogP contribution >= 0.6 is 0 Å². The molecule has 0 aliphatic carbocycles. The molecule has 112 valence electrons. The van der Waals surface area contributed by atoms with E-state index in [0.29, 0.717) is 18.9 Å². The van der Waals surface area contributed by atoms with Gasteiger partial charge in [-0.05, 0) is 36.8 Å². The normalized spacial score (nSPS) is 14.1. The molecule has 0 aliphatic rings. The molecule has 1 rings (SSSR count). The van der Waals surface area contributed by atoms with Crippen molar-refractivity contribution in [2.24, 2.45) is 11.8 Å². The first-order valence-corrected chi connectivity index (χ1v) is 7.43. The van der Waals surface area contributed by atoms with Gasteiger partial charge in [0.25, 0.3) is 0 Å². The van der Waals surface area contributed by atoms with Crippen LogP contribution in [-0.2, 0) is 16.0 Å². The topological polar surface area (TPSA) is 46.5 Å². The summed E-state index contributed by atoms with van der Waals surface area (Å²) in [7, 11) is 0. The Morgan fingerprint density at radius 2 is 1.80 bits per heavy atom. The molecule has 2 atom stereocenters. The predicted octanol–water partition coefficient (Wildman–Crippen LogP) is 3.51. The van der Waals surface area contributed by atoms with Crippen molar-refractivity contribution >= 4 is 5.97 Å². The summed E-state index contributed by atoms with van der Waals surface area (Å²) in [4.78, 5) is 11.8. The van der Waals surface area contributed by atoms with Crippen molar-refractivity contribution in [2.75, 3.05) is 6.61 Å². The molecule has 0 bridgehead atoms. The highest BCUT2D eigenvalue weighted by Gasteiger charge is 2.27. The molecule has 2 unspecified atom stereocenters. The van der Waals surface area contributed by atoms with E-state index in [1.54, 1.807) is 6.92 Å². The van der Waals surface area contributed by atoms with Crippen LogP contribution in [0, 0.1) is 11.8 Å². The van der Waals surface area contributed by atoms with Crippen molar-refractivity contribution in [1.29, 1.82) is 0 Å². The molecule has 0 radical (unpaired) electrons. The summed E-state index contributed by atoms with van der Waals surface area (Å²) in [6, 6.07) is 7.86. The number of esters is 1. The third-order valence-electron chi connectivity index (χ3n) is 3.38. The molecule has 20 heavy (non-hydrogen) atoms. The Morgan fingerprint density at radius 3 is 2.25 bits per heavy atom. The van der Waals surface area contributed by atoms with Gasteiger partial charge in [-0.3, -0.25) is 4.79 Å². The van der Waals surface area contributed by atoms with Crippen molar-refractivity contribution in [1.82, 2.24) is 0 Å². The Balaban J connectivity index is 2.79. The van der Waals surface area contributed by atoms with Gasteiger partial charge in [0.1, 0.15) is 0 Å². The lowest BCUT2D eigenvalue weighted by Crippen LogP contribution is -2.24. The largest absolute Gasteiger partial charge is 0.466 e. The van der Waals surface area contributed by atoms with E-state index in [-0.39, 0.29) is 5.97 Å². The highest BCUT2D eigenvalue weighted by Crippen LogP contribution is 2.26. The lowest BCUT2D eigenvalue weighted by molar-refractivity contribution is -0.152. The number of aliphatic hydroxyl groups is 1. The Labute approximate surface area is 122 Å². The molecule has 0 saturated carbocycles. The number of rotatable bonds is 7. The molecule has 3 nitrogen and oxygen atoms in total. The fourth-order valence-electron chi connectivity index (χ4n) is 2.32. The van der Waals surface area contributed by atoms with Gasteiger partial charge in [0, 0.05) is 0 Å². The summed E-state index contributed by atoms with van der Waals surface area (Å²) in [5.41, 5.74) is 2.03. The molecule has 0 aliphatic heterocycles. The van der Waals surface area contributed by atoms with Gasteiger partial charge in [-0.25, -0.2) is 0 Å². The SMILES string of the molecule is CCOC(=O)C(CC)C(O)c1ccc(CC(C)C)cc1. The van der Waals surface area contributed by atoms with Gasteiger partial charge >= 0.3 is 5.97 Å². The average molecular weight is 278 g/mol. The van der Waals surface area contributed by atoms with Gasteiger partial charge in [0.15, 0.2) is 0 Å². The van der Waals surface area contributed by atoms with E-state index < -0.39 is 12.0 Å². The summed E-state index contributed by atoms with van der Waals surface area (Å²) in [5.74, 6) is -0.214. The summed E-state index contributed by atoms with van der Waals surface area (Å²) < 4.78 is 5.01. The molecular formula is C17H26O3. The number of carbonyl (C=O) groups excluding carboxylic acids is 1. The summed E-state index contributed by atoms with van der Waals surface area (Å²) in [6.45, 7) is 8.36. The first-order valence-electron chi connectivity index (χ1n) is 7.43. The molecule has 0 amide bonds. The van der Waals surface area contributed by atoms with E-state index in [4.69, 9.17) is 4.74 Å². The van der Waals surface area contributed by atoms with Gasteiger partial charge in [-0.15, -0.1) is 0 Å². The third-order valence-corrected chi connectivity index (χ3v) is 3.38. The van der Waals surface area contributed by atoms with Crippen LogP contribution in [0.25, 0.3) is 0 Å². The lowest BCUT2D eigenvalue weighted by atomic mass is 9.92. The molecule has 0 saturated heterocycles. The van der Waals surface area contributed by atoms with Gasteiger partial charge in [-0.2, -0.15) is 0 Å². The first-order chi connectivity index (χ1) is 9.49. The lowest BCUT2D eigenvalue weighted by Gasteiger charge is -2.20. The minimum absolute atomic E-state index is 0.325. The fourth-order valence-corrected chi connectivity index (χ4v) is 2.32. The number of hydrogen-bond donors (Lipinski definition) is 1. The van der Waals surface area contributed by atoms with Crippen LogP contribution in [0.1, 0.15) is 51.3 Å². The van der Waals surface area contributed by atoms with Crippen molar-refractivity contribution in [3.8, 4) is 0 Å². The summed E-state index contributed by atoms with van der Waals surface area (Å²) in [5, 5.41) is 10.3. The van der Waals surface area contributed by atoms with Crippen LogP contribution in [0.15, 0.2) is 24.3 Å². The quantitative estimate of drug-likeness (QED) is 0.776. The average Bonchev–Trinajstić information content (AvgIpc) is 2.40. The Kier molecular flexibility index (Phi) is 6.73. The Morgan fingerprint density at radius 1 is 1.20 bits per heavy atom. The standard InChI is InChI=1S/C17H26O3/c1-5-15(17(19)20-6-2)16(18)14-9-7-13(8-10-14)11-12(3)4/h7-10,12,15-16,18H,5-6,11H2,1-4H3. The molecule has 0 heterocycles. The number of aliphatic hydroxyl groups excluding tert-OH is 1. The number of ether oxygens (including phenoxy) is 1. The van der Waals surface area contributed by atoms with E-state index in [9.17, 15) is 9.90 Å². The maximum absolute atomic E-state index is 11.8. The number of carbonyl (C=O) groups is 1. The zero-order chi connectivity index (χ0) is 15.1. The van der Waals surface area contributed by atoms with Gasteiger partial charge < -0.3 is 9.84 Å². The summed E-state index contributed by atoms with van der Waals surface area (Å²) in [6.07, 6.45) is 0.784. The van der Waals surface area contributed by atoms with Crippen molar-refractivity contribution in [3.05, 3.63) is 35.4 Å². The highest BCUT2D eigenvalue weighted by atomic mass is 16.5. The predicted molar refractivity (Wildman–Crippen MR) is 80.4 cm³/mol. The third kappa shape index (κ3) is 4.64. The van der Waals surface area contributed by atoms with Gasteiger partial charge in [0.2, 0.25) is 0 Å².